The quantitative estimate of drug-likeness (QED) is 0.416. The van der Waals surface area contributed by atoms with Crippen LogP contribution in [0, 0.1) is 5.92 Å². The number of carbonyl (C=O) groups is 1. The van der Waals surface area contributed by atoms with E-state index in [2.05, 4.69) is 5.32 Å². The smallest absolute Gasteiger partial charge is 0.416 e. The molecule has 7 nitrogen and oxygen atoms in total. The minimum atomic E-state index is -4.60. The summed E-state index contributed by atoms with van der Waals surface area (Å²) in [6.07, 6.45) is -2.72. The van der Waals surface area contributed by atoms with Gasteiger partial charge in [-0.15, -0.1) is 0 Å². The zero-order valence-corrected chi connectivity index (χ0v) is 24.6. The van der Waals surface area contributed by atoms with E-state index in [4.69, 9.17) is 18.9 Å². The SMILES string of the molecule is CNC[C@@H]1OCCCC[C@H](C)Oc2ccc(C(F)(F)F)cc2C(=O)N([C@@H](C)COCc2ccc(OC)cc2)C[C@H]1C. The van der Waals surface area contributed by atoms with Crippen LogP contribution in [0.15, 0.2) is 42.5 Å². The molecule has 0 spiro atoms. The molecule has 2 aromatic carbocycles. The third kappa shape index (κ3) is 9.61. The summed E-state index contributed by atoms with van der Waals surface area (Å²) in [4.78, 5) is 15.7. The molecule has 0 aromatic heterocycles. The second-order valence-electron chi connectivity index (χ2n) is 10.7. The third-order valence-electron chi connectivity index (χ3n) is 7.31. The van der Waals surface area contributed by atoms with Crippen molar-refractivity contribution in [3.05, 3.63) is 59.2 Å². The predicted molar refractivity (Wildman–Crippen MR) is 151 cm³/mol. The minimum absolute atomic E-state index is 0.104. The second kappa shape index (κ2) is 15.4. The molecule has 41 heavy (non-hydrogen) atoms. The van der Waals surface area contributed by atoms with Crippen LogP contribution in [0.1, 0.15) is 61.5 Å². The van der Waals surface area contributed by atoms with Gasteiger partial charge in [-0.05, 0) is 76.1 Å². The lowest BCUT2D eigenvalue weighted by Gasteiger charge is -2.35. The molecule has 228 valence electrons. The fourth-order valence-corrected chi connectivity index (χ4v) is 4.85. The molecule has 1 aliphatic heterocycles. The molecule has 0 saturated heterocycles. The Labute approximate surface area is 241 Å². The number of benzene rings is 2. The summed E-state index contributed by atoms with van der Waals surface area (Å²) in [6, 6.07) is 10.2. The highest BCUT2D eigenvalue weighted by Crippen LogP contribution is 2.34. The summed E-state index contributed by atoms with van der Waals surface area (Å²) in [6.45, 7) is 7.61. The van der Waals surface area contributed by atoms with E-state index in [1.165, 1.54) is 6.07 Å². The molecule has 1 N–H and O–H groups in total. The molecule has 4 atom stereocenters. The van der Waals surface area contributed by atoms with E-state index in [1.54, 1.807) is 12.0 Å². The van der Waals surface area contributed by atoms with Gasteiger partial charge in [0.1, 0.15) is 11.5 Å². The summed E-state index contributed by atoms with van der Waals surface area (Å²) < 4.78 is 64.6. The van der Waals surface area contributed by atoms with Crippen LogP contribution in [-0.4, -0.2) is 69.5 Å². The largest absolute Gasteiger partial charge is 0.497 e. The number of nitrogens with zero attached hydrogens (tertiary/aromatic N) is 1. The van der Waals surface area contributed by atoms with Gasteiger partial charge in [0.15, 0.2) is 0 Å². The van der Waals surface area contributed by atoms with Gasteiger partial charge in [0.05, 0.1) is 49.7 Å². The number of fused-ring (bicyclic) bond motifs is 1. The molecule has 1 amide bonds. The van der Waals surface area contributed by atoms with E-state index in [-0.39, 0.29) is 42.6 Å². The highest BCUT2D eigenvalue weighted by molar-refractivity contribution is 5.97. The van der Waals surface area contributed by atoms with Crippen LogP contribution >= 0.6 is 0 Å². The fraction of sp³-hybridized carbons (Fsp3) is 0.581. The van der Waals surface area contributed by atoms with Gasteiger partial charge >= 0.3 is 6.18 Å². The first-order valence-electron chi connectivity index (χ1n) is 14.2. The number of hydrogen-bond acceptors (Lipinski definition) is 6. The van der Waals surface area contributed by atoms with E-state index in [0.717, 1.165) is 36.3 Å². The lowest BCUT2D eigenvalue weighted by atomic mass is 10.0. The number of ether oxygens (including phenoxy) is 4. The molecule has 0 saturated carbocycles. The maximum atomic E-state index is 14.1. The van der Waals surface area contributed by atoms with Gasteiger partial charge in [-0.1, -0.05) is 19.1 Å². The molecule has 0 unspecified atom stereocenters. The number of amides is 1. The normalized spacial score (nSPS) is 21.9. The summed E-state index contributed by atoms with van der Waals surface area (Å²) >= 11 is 0. The van der Waals surface area contributed by atoms with Gasteiger partial charge in [0.25, 0.3) is 5.91 Å². The van der Waals surface area contributed by atoms with Gasteiger partial charge in [-0.3, -0.25) is 4.79 Å². The van der Waals surface area contributed by atoms with Crippen molar-refractivity contribution in [1.82, 2.24) is 10.2 Å². The van der Waals surface area contributed by atoms with Crippen molar-refractivity contribution in [1.29, 1.82) is 0 Å². The number of rotatable bonds is 8. The Balaban J connectivity index is 1.93. The van der Waals surface area contributed by atoms with Crippen molar-refractivity contribution in [3.8, 4) is 11.5 Å². The van der Waals surface area contributed by atoms with E-state index < -0.39 is 23.7 Å². The first kappa shape index (κ1) is 32.7. The summed E-state index contributed by atoms with van der Waals surface area (Å²) in [5.74, 6) is 0.248. The van der Waals surface area contributed by atoms with Gasteiger partial charge in [-0.2, -0.15) is 13.2 Å². The number of methoxy groups -OCH3 is 1. The number of hydrogen-bond donors (Lipinski definition) is 1. The second-order valence-corrected chi connectivity index (χ2v) is 10.7. The molecule has 0 radical (unpaired) electrons. The molecule has 0 fully saturated rings. The van der Waals surface area contributed by atoms with Crippen LogP contribution in [0.2, 0.25) is 0 Å². The molecule has 3 rings (SSSR count). The topological polar surface area (TPSA) is 69.3 Å². The van der Waals surface area contributed by atoms with Crippen LogP contribution in [-0.2, 0) is 22.3 Å². The number of carbonyl (C=O) groups excluding carboxylic acids is 1. The van der Waals surface area contributed by atoms with Crippen molar-refractivity contribution in [2.75, 3.05) is 40.5 Å². The fourth-order valence-electron chi connectivity index (χ4n) is 4.85. The Bertz CT molecular complexity index is 1100. The minimum Gasteiger partial charge on any atom is -0.497 e. The molecule has 0 aliphatic carbocycles. The Morgan fingerprint density at radius 3 is 2.51 bits per heavy atom. The molecule has 1 aliphatic rings. The van der Waals surface area contributed by atoms with Gasteiger partial charge in [-0.25, -0.2) is 0 Å². The standard InChI is InChI=1S/C31H43F3N2O5/c1-21-18-36(22(2)19-39-20-24-9-12-26(38-5)13-10-24)30(37)27-16-25(31(32,33)34)11-14-28(27)41-23(3)8-6-7-15-40-29(21)17-35-4/h9-14,16,21-23,29,35H,6-8,15,17-20H2,1-5H3/t21-,22+,23+,29+/m1/s1. The zero-order valence-electron chi connectivity index (χ0n) is 24.6. The van der Waals surface area contributed by atoms with E-state index in [1.807, 2.05) is 52.1 Å². The molecule has 0 bridgehead atoms. The molecular formula is C31H43F3N2O5. The first-order valence-corrected chi connectivity index (χ1v) is 14.2. The van der Waals surface area contributed by atoms with Gasteiger partial charge in [0.2, 0.25) is 0 Å². The third-order valence-corrected chi connectivity index (χ3v) is 7.31. The molecule has 10 heteroatoms. The molecular weight excluding hydrogens is 537 g/mol. The van der Waals surface area contributed by atoms with E-state index in [0.29, 0.717) is 26.2 Å². The Kier molecular flexibility index (Phi) is 12.3. The average molecular weight is 581 g/mol. The number of nitrogens with one attached hydrogen (secondary N) is 1. The van der Waals surface area contributed by atoms with Gasteiger partial charge in [0, 0.05) is 25.6 Å². The summed E-state index contributed by atoms with van der Waals surface area (Å²) in [7, 11) is 3.44. The maximum absolute atomic E-state index is 14.1. The van der Waals surface area contributed by atoms with Crippen LogP contribution in [0.25, 0.3) is 0 Å². The first-order chi connectivity index (χ1) is 19.5. The lowest BCUT2D eigenvalue weighted by Crippen LogP contribution is -2.47. The molecule has 2 aromatic rings. The van der Waals surface area contributed by atoms with Crippen LogP contribution in [0.4, 0.5) is 13.2 Å². The Morgan fingerprint density at radius 1 is 1.12 bits per heavy atom. The number of halogens is 3. The van der Waals surface area contributed by atoms with Crippen LogP contribution in [0.3, 0.4) is 0 Å². The van der Waals surface area contributed by atoms with Crippen molar-refractivity contribution >= 4 is 5.91 Å². The number of alkyl halides is 3. The van der Waals surface area contributed by atoms with Crippen molar-refractivity contribution in [2.45, 2.75) is 71.1 Å². The lowest BCUT2D eigenvalue weighted by molar-refractivity contribution is -0.137. The Hall–Kier alpha value is -2.82. The van der Waals surface area contributed by atoms with E-state index >= 15 is 0 Å². The van der Waals surface area contributed by atoms with Crippen molar-refractivity contribution in [3.63, 3.8) is 0 Å². The highest BCUT2D eigenvalue weighted by Gasteiger charge is 2.35. The molecule has 1 heterocycles. The summed E-state index contributed by atoms with van der Waals surface area (Å²) in [5.41, 5.74) is -0.0671. The predicted octanol–water partition coefficient (Wildman–Crippen LogP) is 5.95. The average Bonchev–Trinajstić information content (AvgIpc) is 2.94. The van der Waals surface area contributed by atoms with Crippen LogP contribution in [0.5, 0.6) is 11.5 Å². The van der Waals surface area contributed by atoms with Gasteiger partial charge < -0.3 is 29.2 Å². The summed E-state index contributed by atoms with van der Waals surface area (Å²) in [5, 5.41) is 3.16. The van der Waals surface area contributed by atoms with Crippen molar-refractivity contribution in [2.24, 2.45) is 5.92 Å². The zero-order chi connectivity index (χ0) is 30.0. The van der Waals surface area contributed by atoms with E-state index in [9.17, 15) is 18.0 Å². The Morgan fingerprint density at radius 2 is 1.85 bits per heavy atom. The highest BCUT2D eigenvalue weighted by atomic mass is 19.4. The number of likely N-dealkylation sites (N-methyl/N-ethyl adjacent to an activating group) is 1. The monoisotopic (exact) mass is 580 g/mol. The maximum Gasteiger partial charge on any atom is 0.416 e. The van der Waals surface area contributed by atoms with Crippen LogP contribution < -0.4 is 14.8 Å². The van der Waals surface area contributed by atoms with Crippen molar-refractivity contribution < 1.29 is 36.9 Å².